The molecule has 0 unspecified atom stereocenters. The number of amides is 1. The number of likely N-dealkylation sites (tertiary alicyclic amines) is 1. The standard InChI is InChI=1S/C15H25N3O2S/c1-15(2,3)20-14(19)18-8-5-6-12(11-18)10-17(4)13-16-7-9-21-13/h7,9,12H,5-6,8,10-11H2,1-4H3/t12-/m0/s1. The molecule has 1 fully saturated rings. The van der Waals surface area contributed by atoms with E-state index in [1.54, 1.807) is 11.3 Å². The molecule has 0 aromatic carbocycles. The van der Waals surface area contributed by atoms with Crippen molar-refractivity contribution >= 4 is 22.6 Å². The van der Waals surface area contributed by atoms with E-state index < -0.39 is 5.60 Å². The van der Waals surface area contributed by atoms with Crippen molar-refractivity contribution in [2.45, 2.75) is 39.2 Å². The molecule has 1 aromatic rings. The van der Waals surface area contributed by atoms with Gasteiger partial charge in [0, 0.05) is 38.3 Å². The van der Waals surface area contributed by atoms with Crippen LogP contribution in [0.5, 0.6) is 0 Å². The fourth-order valence-electron chi connectivity index (χ4n) is 2.58. The molecule has 2 rings (SSSR count). The third-order valence-corrected chi connectivity index (χ3v) is 4.33. The van der Waals surface area contributed by atoms with Crippen LogP contribution < -0.4 is 4.90 Å². The molecule has 0 N–H and O–H groups in total. The lowest BCUT2D eigenvalue weighted by Gasteiger charge is -2.35. The fourth-order valence-corrected chi connectivity index (χ4v) is 3.20. The summed E-state index contributed by atoms with van der Waals surface area (Å²) in [5.41, 5.74) is -0.429. The maximum atomic E-state index is 12.2. The Hall–Kier alpha value is -1.30. The number of piperidine rings is 1. The third kappa shape index (κ3) is 4.88. The van der Waals surface area contributed by atoms with Gasteiger partial charge in [-0.05, 0) is 39.5 Å². The maximum Gasteiger partial charge on any atom is 0.410 e. The second-order valence-electron chi connectivity index (χ2n) is 6.63. The van der Waals surface area contributed by atoms with Gasteiger partial charge in [-0.25, -0.2) is 9.78 Å². The molecule has 21 heavy (non-hydrogen) atoms. The first-order chi connectivity index (χ1) is 9.85. The Kier molecular flexibility index (Phi) is 5.08. The molecule has 1 atom stereocenters. The van der Waals surface area contributed by atoms with Crippen molar-refractivity contribution in [2.75, 3.05) is 31.6 Å². The van der Waals surface area contributed by atoms with Gasteiger partial charge in [-0.3, -0.25) is 0 Å². The highest BCUT2D eigenvalue weighted by molar-refractivity contribution is 7.13. The van der Waals surface area contributed by atoms with Crippen LogP contribution in [0.25, 0.3) is 0 Å². The number of hydrogen-bond acceptors (Lipinski definition) is 5. The number of thiazole rings is 1. The molecule has 118 valence electrons. The van der Waals surface area contributed by atoms with E-state index in [1.165, 1.54) is 0 Å². The summed E-state index contributed by atoms with van der Waals surface area (Å²) in [6.45, 7) is 8.21. The molecule has 1 aliphatic heterocycles. The number of hydrogen-bond donors (Lipinski definition) is 0. The van der Waals surface area contributed by atoms with Crippen molar-refractivity contribution in [2.24, 2.45) is 5.92 Å². The van der Waals surface area contributed by atoms with Gasteiger partial charge in [-0.15, -0.1) is 11.3 Å². The zero-order chi connectivity index (χ0) is 15.5. The Morgan fingerprint density at radius 1 is 1.57 bits per heavy atom. The maximum absolute atomic E-state index is 12.2. The molecule has 2 heterocycles. The molecule has 0 bridgehead atoms. The Morgan fingerprint density at radius 3 is 2.95 bits per heavy atom. The lowest BCUT2D eigenvalue weighted by molar-refractivity contribution is 0.0170. The van der Waals surface area contributed by atoms with Gasteiger partial charge in [0.1, 0.15) is 5.60 Å². The fraction of sp³-hybridized carbons (Fsp3) is 0.733. The van der Waals surface area contributed by atoms with Gasteiger partial charge in [0.2, 0.25) is 0 Å². The quantitative estimate of drug-likeness (QED) is 0.860. The molecule has 1 amide bonds. The van der Waals surface area contributed by atoms with Crippen molar-refractivity contribution in [1.82, 2.24) is 9.88 Å². The Bertz CT molecular complexity index is 456. The monoisotopic (exact) mass is 311 g/mol. The predicted molar refractivity (Wildman–Crippen MR) is 85.9 cm³/mol. The van der Waals surface area contributed by atoms with Crippen LogP contribution in [0.4, 0.5) is 9.93 Å². The predicted octanol–water partition coefficient (Wildman–Crippen LogP) is 3.23. The highest BCUT2D eigenvalue weighted by Gasteiger charge is 2.28. The molecule has 1 aromatic heterocycles. The van der Waals surface area contributed by atoms with Crippen molar-refractivity contribution in [1.29, 1.82) is 0 Å². The summed E-state index contributed by atoms with van der Waals surface area (Å²) >= 11 is 1.64. The largest absolute Gasteiger partial charge is 0.444 e. The first kappa shape index (κ1) is 16.1. The van der Waals surface area contributed by atoms with E-state index in [0.717, 1.165) is 37.6 Å². The van der Waals surface area contributed by atoms with Crippen LogP contribution >= 0.6 is 11.3 Å². The Labute approximate surface area is 130 Å². The molecule has 1 aliphatic rings. The van der Waals surface area contributed by atoms with Crippen LogP contribution in [0.3, 0.4) is 0 Å². The third-order valence-electron chi connectivity index (χ3n) is 3.45. The lowest BCUT2D eigenvalue weighted by atomic mass is 9.98. The second-order valence-corrected chi connectivity index (χ2v) is 7.50. The highest BCUT2D eigenvalue weighted by Crippen LogP contribution is 2.23. The summed E-state index contributed by atoms with van der Waals surface area (Å²) in [5.74, 6) is 0.472. The highest BCUT2D eigenvalue weighted by atomic mass is 32.1. The normalized spacial score (nSPS) is 19.4. The molecular weight excluding hydrogens is 286 g/mol. The minimum Gasteiger partial charge on any atom is -0.444 e. The number of rotatable bonds is 3. The van der Waals surface area contributed by atoms with Crippen LogP contribution in [0, 0.1) is 5.92 Å². The van der Waals surface area contributed by atoms with E-state index in [2.05, 4.69) is 16.9 Å². The van der Waals surface area contributed by atoms with Crippen LogP contribution in [-0.4, -0.2) is 48.3 Å². The number of anilines is 1. The molecule has 0 spiro atoms. The Morgan fingerprint density at radius 2 is 2.33 bits per heavy atom. The van der Waals surface area contributed by atoms with E-state index >= 15 is 0 Å². The van der Waals surface area contributed by atoms with Crippen LogP contribution in [0.2, 0.25) is 0 Å². The van der Waals surface area contributed by atoms with Crippen molar-refractivity contribution in [3.63, 3.8) is 0 Å². The zero-order valence-corrected chi connectivity index (χ0v) is 14.2. The van der Waals surface area contributed by atoms with E-state index in [-0.39, 0.29) is 6.09 Å². The molecule has 5 nitrogen and oxygen atoms in total. The van der Waals surface area contributed by atoms with Gasteiger partial charge in [0.05, 0.1) is 0 Å². The first-order valence-electron chi connectivity index (χ1n) is 7.44. The summed E-state index contributed by atoms with van der Waals surface area (Å²) in [7, 11) is 2.06. The van der Waals surface area contributed by atoms with Gasteiger partial charge >= 0.3 is 6.09 Å². The summed E-state index contributed by atoms with van der Waals surface area (Å²) < 4.78 is 5.47. The molecular formula is C15H25N3O2S. The number of carbonyl (C=O) groups excluding carboxylic acids is 1. The van der Waals surface area contributed by atoms with E-state index in [1.807, 2.05) is 37.2 Å². The van der Waals surface area contributed by atoms with Gasteiger partial charge in [0.25, 0.3) is 0 Å². The smallest absolute Gasteiger partial charge is 0.410 e. The van der Waals surface area contributed by atoms with Gasteiger partial charge in [0.15, 0.2) is 5.13 Å². The summed E-state index contributed by atoms with van der Waals surface area (Å²) in [6, 6.07) is 0. The summed E-state index contributed by atoms with van der Waals surface area (Å²) in [6.07, 6.45) is 3.82. The number of aromatic nitrogens is 1. The van der Waals surface area contributed by atoms with Gasteiger partial charge in [-0.2, -0.15) is 0 Å². The minimum absolute atomic E-state index is 0.191. The van der Waals surface area contributed by atoms with E-state index in [9.17, 15) is 4.79 Å². The second kappa shape index (κ2) is 6.64. The molecule has 1 saturated heterocycles. The molecule has 6 heteroatoms. The Balaban J connectivity index is 1.87. The average Bonchev–Trinajstić information content (AvgIpc) is 2.91. The van der Waals surface area contributed by atoms with Crippen molar-refractivity contribution < 1.29 is 9.53 Å². The van der Waals surface area contributed by atoms with Crippen LogP contribution in [-0.2, 0) is 4.74 Å². The molecule has 0 saturated carbocycles. The summed E-state index contributed by atoms with van der Waals surface area (Å²) in [5, 5.41) is 3.02. The van der Waals surface area contributed by atoms with Gasteiger partial charge < -0.3 is 14.5 Å². The number of nitrogens with zero attached hydrogens (tertiary/aromatic N) is 3. The molecule has 0 aliphatic carbocycles. The van der Waals surface area contributed by atoms with Crippen molar-refractivity contribution in [3.05, 3.63) is 11.6 Å². The summed E-state index contributed by atoms with van der Waals surface area (Å²) in [4.78, 5) is 20.5. The first-order valence-corrected chi connectivity index (χ1v) is 8.31. The topological polar surface area (TPSA) is 45.7 Å². The minimum atomic E-state index is -0.429. The zero-order valence-electron chi connectivity index (χ0n) is 13.3. The van der Waals surface area contributed by atoms with Crippen molar-refractivity contribution in [3.8, 4) is 0 Å². The number of ether oxygens (including phenoxy) is 1. The van der Waals surface area contributed by atoms with E-state index in [0.29, 0.717) is 5.92 Å². The average molecular weight is 311 g/mol. The van der Waals surface area contributed by atoms with Crippen LogP contribution in [0.1, 0.15) is 33.6 Å². The van der Waals surface area contributed by atoms with Gasteiger partial charge in [-0.1, -0.05) is 0 Å². The number of carbonyl (C=O) groups is 1. The lowest BCUT2D eigenvalue weighted by Crippen LogP contribution is -2.45. The van der Waals surface area contributed by atoms with E-state index in [4.69, 9.17) is 4.74 Å². The SMILES string of the molecule is CN(C[C@@H]1CCCN(C(=O)OC(C)(C)C)C1)c1nccs1. The van der Waals surface area contributed by atoms with Crippen LogP contribution in [0.15, 0.2) is 11.6 Å². The molecule has 0 radical (unpaired) electrons.